The van der Waals surface area contributed by atoms with Crippen LogP contribution in [0.3, 0.4) is 0 Å². The fourth-order valence-electron chi connectivity index (χ4n) is 2.04. The van der Waals surface area contributed by atoms with E-state index < -0.39 is 5.97 Å². The lowest BCUT2D eigenvalue weighted by molar-refractivity contribution is -0.137. The Kier molecular flexibility index (Phi) is 6.45. The Bertz CT molecular complexity index is 418. The van der Waals surface area contributed by atoms with Gasteiger partial charge >= 0.3 is 5.97 Å². The van der Waals surface area contributed by atoms with Crippen LogP contribution in [0.4, 0.5) is 0 Å². The molecular weight excluding hydrogens is 260 g/mol. The van der Waals surface area contributed by atoms with Gasteiger partial charge in [0.25, 0.3) is 0 Å². The molecule has 0 spiro atoms. The number of thiazole rings is 1. The number of hydrogen-bond acceptors (Lipinski definition) is 4. The van der Waals surface area contributed by atoms with E-state index in [-0.39, 0.29) is 6.42 Å². The summed E-state index contributed by atoms with van der Waals surface area (Å²) in [5, 5.41) is 9.81. The quantitative estimate of drug-likeness (QED) is 0.744. The maximum absolute atomic E-state index is 10.5. The SMILES string of the molecule is CCc1nc(C)c(C(C)N(C)CCCCC(=O)O)s1. The highest BCUT2D eigenvalue weighted by atomic mass is 32.1. The molecule has 1 rings (SSSR count). The van der Waals surface area contributed by atoms with Crippen LogP contribution < -0.4 is 0 Å². The number of aliphatic carboxylic acids is 1. The minimum Gasteiger partial charge on any atom is -0.481 e. The maximum atomic E-state index is 10.5. The number of carboxylic acid groups (broad SMARTS) is 1. The molecule has 0 saturated carbocycles. The lowest BCUT2D eigenvalue weighted by Gasteiger charge is -2.24. The molecule has 4 nitrogen and oxygen atoms in total. The summed E-state index contributed by atoms with van der Waals surface area (Å²) in [4.78, 5) is 18.6. The van der Waals surface area contributed by atoms with Crippen LogP contribution in [-0.4, -0.2) is 34.6 Å². The number of carbonyl (C=O) groups is 1. The highest BCUT2D eigenvalue weighted by Crippen LogP contribution is 2.28. The molecule has 0 radical (unpaired) electrons. The average molecular weight is 284 g/mol. The molecule has 0 aromatic carbocycles. The maximum Gasteiger partial charge on any atom is 0.303 e. The van der Waals surface area contributed by atoms with Crippen molar-refractivity contribution < 1.29 is 9.90 Å². The molecule has 1 aromatic heterocycles. The number of aryl methyl sites for hydroxylation is 2. The van der Waals surface area contributed by atoms with Gasteiger partial charge in [-0.1, -0.05) is 6.92 Å². The van der Waals surface area contributed by atoms with Crippen LogP contribution in [0.2, 0.25) is 0 Å². The first-order valence-electron chi connectivity index (χ1n) is 6.84. The Morgan fingerprint density at radius 1 is 1.47 bits per heavy atom. The van der Waals surface area contributed by atoms with Crippen molar-refractivity contribution in [1.29, 1.82) is 0 Å². The van der Waals surface area contributed by atoms with Gasteiger partial charge in [0, 0.05) is 17.3 Å². The van der Waals surface area contributed by atoms with E-state index in [1.54, 1.807) is 11.3 Å². The molecule has 1 unspecified atom stereocenters. The summed E-state index contributed by atoms with van der Waals surface area (Å²) in [6, 6.07) is 0.350. The first kappa shape index (κ1) is 16.1. The standard InChI is InChI=1S/C14H24N2O2S/c1-5-12-15-10(2)14(19-12)11(3)16(4)9-7-6-8-13(17)18/h11H,5-9H2,1-4H3,(H,17,18). The van der Waals surface area contributed by atoms with E-state index >= 15 is 0 Å². The molecule has 0 saturated heterocycles. The fourth-order valence-corrected chi connectivity index (χ4v) is 3.16. The minimum absolute atomic E-state index is 0.266. The van der Waals surface area contributed by atoms with Crippen LogP contribution in [0.1, 0.15) is 54.7 Å². The Hall–Kier alpha value is -0.940. The van der Waals surface area contributed by atoms with E-state index in [1.165, 1.54) is 9.88 Å². The highest BCUT2D eigenvalue weighted by Gasteiger charge is 2.17. The third-order valence-electron chi connectivity index (χ3n) is 3.37. The van der Waals surface area contributed by atoms with E-state index in [9.17, 15) is 4.79 Å². The molecule has 1 heterocycles. The van der Waals surface area contributed by atoms with Gasteiger partial charge in [0.1, 0.15) is 0 Å². The smallest absolute Gasteiger partial charge is 0.303 e. The molecule has 1 N–H and O–H groups in total. The normalized spacial score (nSPS) is 12.9. The molecule has 108 valence electrons. The summed E-state index contributed by atoms with van der Waals surface area (Å²) in [5.74, 6) is -0.707. The predicted octanol–water partition coefficient (Wildman–Crippen LogP) is 3.26. The molecular formula is C14H24N2O2S. The Labute approximate surface area is 119 Å². The second-order valence-corrected chi connectivity index (χ2v) is 6.03. The zero-order chi connectivity index (χ0) is 14.4. The van der Waals surface area contributed by atoms with Gasteiger partial charge in [-0.3, -0.25) is 9.69 Å². The molecule has 1 atom stereocenters. The van der Waals surface area contributed by atoms with Crippen LogP contribution in [0.15, 0.2) is 0 Å². The number of nitrogens with zero attached hydrogens (tertiary/aromatic N) is 2. The van der Waals surface area contributed by atoms with Gasteiger partial charge in [-0.15, -0.1) is 11.3 Å². The zero-order valence-corrected chi connectivity index (χ0v) is 13.1. The van der Waals surface area contributed by atoms with Crippen molar-refractivity contribution in [2.24, 2.45) is 0 Å². The summed E-state index contributed by atoms with van der Waals surface area (Å²) in [5.41, 5.74) is 1.13. The first-order valence-corrected chi connectivity index (χ1v) is 7.65. The van der Waals surface area contributed by atoms with Gasteiger partial charge in [-0.25, -0.2) is 4.98 Å². The van der Waals surface area contributed by atoms with Crippen molar-refractivity contribution in [2.75, 3.05) is 13.6 Å². The predicted molar refractivity (Wildman–Crippen MR) is 78.8 cm³/mol. The Morgan fingerprint density at radius 3 is 2.68 bits per heavy atom. The van der Waals surface area contributed by atoms with Gasteiger partial charge < -0.3 is 5.11 Å². The fraction of sp³-hybridized carbons (Fsp3) is 0.714. The van der Waals surface area contributed by atoms with Gasteiger partial charge in [0.05, 0.1) is 10.7 Å². The average Bonchev–Trinajstić information content (AvgIpc) is 2.74. The third-order valence-corrected chi connectivity index (χ3v) is 4.84. The highest BCUT2D eigenvalue weighted by molar-refractivity contribution is 7.11. The van der Waals surface area contributed by atoms with Crippen LogP contribution in [0.25, 0.3) is 0 Å². The van der Waals surface area contributed by atoms with E-state index in [0.29, 0.717) is 6.04 Å². The lowest BCUT2D eigenvalue weighted by atomic mass is 10.2. The van der Waals surface area contributed by atoms with Crippen molar-refractivity contribution in [3.05, 3.63) is 15.6 Å². The summed E-state index contributed by atoms with van der Waals surface area (Å²) in [7, 11) is 2.09. The second-order valence-electron chi connectivity index (χ2n) is 4.92. The molecule has 0 aliphatic carbocycles. The Balaban J connectivity index is 2.49. The molecule has 0 bridgehead atoms. The molecule has 19 heavy (non-hydrogen) atoms. The first-order chi connectivity index (χ1) is 8.95. The number of rotatable bonds is 8. The molecule has 5 heteroatoms. The van der Waals surface area contributed by atoms with Crippen molar-refractivity contribution >= 4 is 17.3 Å². The third kappa shape index (κ3) is 4.91. The molecule has 0 aliphatic heterocycles. The van der Waals surface area contributed by atoms with Crippen LogP contribution in [0, 0.1) is 6.92 Å². The monoisotopic (exact) mass is 284 g/mol. The van der Waals surface area contributed by atoms with Crippen molar-refractivity contribution in [2.45, 2.75) is 52.5 Å². The van der Waals surface area contributed by atoms with Crippen LogP contribution >= 0.6 is 11.3 Å². The lowest BCUT2D eigenvalue weighted by Crippen LogP contribution is -2.23. The molecule has 0 fully saturated rings. The summed E-state index contributed by atoms with van der Waals surface area (Å²) in [6.07, 6.45) is 2.92. The molecule has 1 aromatic rings. The zero-order valence-electron chi connectivity index (χ0n) is 12.3. The Morgan fingerprint density at radius 2 is 2.16 bits per heavy atom. The topological polar surface area (TPSA) is 53.4 Å². The number of carboxylic acids is 1. The van der Waals surface area contributed by atoms with E-state index in [4.69, 9.17) is 5.11 Å². The van der Waals surface area contributed by atoms with E-state index in [0.717, 1.165) is 31.5 Å². The van der Waals surface area contributed by atoms with Gasteiger partial charge in [0.15, 0.2) is 0 Å². The van der Waals surface area contributed by atoms with Gasteiger partial charge in [-0.2, -0.15) is 0 Å². The van der Waals surface area contributed by atoms with Gasteiger partial charge in [-0.05, 0) is 46.7 Å². The molecule has 0 aliphatic rings. The minimum atomic E-state index is -0.707. The van der Waals surface area contributed by atoms with Crippen LogP contribution in [0.5, 0.6) is 0 Å². The summed E-state index contributed by atoms with van der Waals surface area (Å²) < 4.78 is 0. The van der Waals surface area contributed by atoms with E-state index in [1.807, 2.05) is 0 Å². The van der Waals surface area contributed by atoms with Crippen molar-refractivity contribution in [1.82, 2.24) is 9.88 Å². The van der Waals surface area contributed by atoms with E-state index in [2.05, 4.69) is 37.7 Å². The summed E-state index contributed by atoms with van der Waals surface area (Å²) in [6.45, 7) is 7.31. The number of hydrogen-bond donors (Lipinski definition) is 1. The molecule has 0 amide bonds. The number of aromatic nitrogens is 1. The largest absolute Gasteiger partial charge is 0.481 e. The van der Waals surface area contributed by atoms with Crippen molar-refractivity contribution in [3.8, 4) is 0 Å². The van der Waals surface area contributed by atoms with Crippen molar-refractivity contribution in [3.63, 3.8) is 0 Å². The second kappa shape index (κ2) is 7.60. The number of unbranched alkanes of at least 4 members (excludes halogenated alkanes) is 1. The summed E-state index contributed by atoms with van der Waals surface area (Å²) >= 11 is 1.79. The van der Waals surface area contributed by atoms with Gasteiger partial charge in [0.2, 0.25) is 0 Å². The van der Waals surface area contributed by atoms with Crippen LogP contribution in [-0.2, 0) is 11.2 Å².